The van der Waals surface area contributed by atoms with Crippen LogP contribution in [0.15, 0.2) is 12.1 Å². The normalized spacial score (nSPS) is 10.6. The molecule has 1 aromatic rings. The molecule has 0 aliphatic carbocycles. The number of nitrogens with zero attached hydrogens (tertiary/aromatic N) is 1. The third-order valence-electron chi connectivity index (χ3n) is 3.03. The Labute approximate surface area is 100 Å². The van der Waals surface area contributed by atoms with Crippen LogP contribution in [0.5, 0.6) is 0 Å². The fourth-order valence-electron chi connectivity index (χ4n) is 2.53. The molecule has 0 radical (unpaired) electrons. The van der Waals surface area contributed by atoms with Crippen molar-refractivity contribution in [2.45, 2.75) is 47.0 Å². The summed E-state index contributed by atoms with van der Waals surface area (Å²) in [6.07, 6.45) is 3.62. The zero-order valence-electron chi connectivity index (χ0n) is 11.4. The molecule has 0 N–H and O–H groups in total. The second-order valence-corrected chi connectivity index (χ2v) is 4.75. The predicted octanol–water partition coefficient (Wildman–Crippen LogP) is 4.10. The summed E-state index contributed by atoms with van der Waals surface area (Å²) in [6.45, 7) is 10.1. The van der Waals surface area contributed by atoms with Crippen LogP contribution in [-0.2, 0) is 6.42 Å². The fourth-order valence-corrected chi connectivity index (χ4v) is 2.53. The van der Waals surface area contributed by atoms with Crippen molar-refractivity contribution < 1.29 is 0 Å². The molecule has 0 atom stereocenters. The van der Waals surface area contributed by atoms with Gasteiger partial charge in [-0.2, -0.15) is 0 Å². The molecule has 90 valence electrons. The number of aryl methyl sites for hydroxylation is 3. The quantitative estimate of drug-likeness (QED) is 0.720. The average Bonchev–Trinajstić information content (AvgIpc) is 2.17. The number of hydrogen-bond donors (Lipinski definition) is 0. The smallest absolute Gasteiger partial charge is 0.0423 e. The van der Waals surface area contributed by atoms with Gasteiger partial charge in [0.1, 0.15) is 0 Å². The maximum absolute atomic E-state index is 2.38. The Kier molecular flexibility index (Phi) is 4.85. The van der Waals surface area contributed by atoms with Crippen LogP contribution < -0.4 is 4.90 Å². The van der Waals surface area contributed by atoms with E-state index in [1.165, 1.54) is 41.6 Å². The number of benzene rings is 1. The van der Waals surface area contributed by atoms with Crippen molar-refractivity contribution in [1.82, 2.24) is 0 Å². The molecule has 0 aliphatic rings. The average molecular weight is 219 g/mol. The number of rotatable bonds is 5. The van der Waals surface area contributed by atoms with Crippen LogP contribution in [0, 0.1) is 13.8 Å². The Morgan fingerprint density at radius 2 is 1.56 bits per heavy atom. The lowest BCUT2D eigenvalue weighted by atomic mass is 10.0. The number of hydrogen-bond acceptors (Lipinski definition) is 1. The standard InChI is InChI=1S/C15H25N/c1-6-8-14-10-12(3)15(13(4)11-14)16(5)9-7-2/h10-11H,6-9H2,1-5H3. The van der Waals surface area contributed by atoms with Gasteiger partial charge in [0.2, 0.25) is 0 Å². The van der Waals surface area contributed by atoms with Gasteiger partial charge in [-0.25, -0.2) is 0 Å². The SMILES string of the molecule is CCCc1cc(C)c(N(C)CCC)c(C)c1. The van der Waals surface area contributed by atoms with Gasteiger partial charge in [-0.05, 0) is 43.4 Å². The molecule has 0 unspecified atom stereocenters. The fraction of sp³-hybridized carbons (Fsp3) is 0.600. The van der Waals surface area contributed by atoms with Crippen molar-refractivity contribution in [2.75, 3.05) is 18.5 Å². The summed E-state index contributed by atoms with van der Waals surface area (Å²) < 4.78 is 0. The molecule has 0 saturated carbocycles. The Morgan fingerprint density at radius 1 is 1.00 bits per heavy atom. The van der Waals surface area contributed by atoms with Gasteiger partial charge in [0.05, 0.1) is 0 Å². The molecule has 0 saturated heterocycles. The van der Waals surface area contributed by atoms with Crippen LogP contribution >= 0.6 is 0 Å². The molecule has 0 aromatic heterocycles. The minimum atomic E-state index is 1.13. The molecule has 0 spiro atoms. The van der Waals surface area contributed by atoms with Gasteiger partial charge >= 0.3 is 0 Å². The largest absolute Gasteiger partial charge is 0.374 e. The molecular weight excluding hydrogens is 194 g/mol. The molecular formula is C15H25N. The molecule has 1 rings (SSSR count). The number of anilines is 1. The molecule has 0 bridgehead atoms. The van der Waals surface area contributed by atoms with Crippen molar-refractivity contribution in [2.24, 2.45) is 0 Å². The summed E-state index contributed by atoms with van der Waals surface area (Å²) in [4.78, 5) is 2.38. The van der Waals surface area contributed by atoms with Crippen LogP contribution in [0.2, 0.25) is 0 Å². The lowest BCUT2D eigenvalue weighted by Crippen LogP contribution is -2.20. The summed E-state index contributed by atoms with van der Waals surface area (Å²) in [5.74, 6) is 0. The van der Waals surface area contributed by atoms with Gasteiger partial charge in [-0.1, -0.05) is 32.4 Å². The highest BCUT2D eigenvalue weighted by molar-refractivity contribution is 5.59. The first-order valence-corrected chi connectivity index (χ1v) is 6.41. The first kappa shape index (κ1) is 13.1. The Balaban J connectivity index is 3.02. The minimum Gasteiger partial charge on any atom is -0.374 e. The van der Waals surface area contributed by atoms with Crippen molar-refractivity contribution in [1.29, 1.82) is 0 Å². The minimum absolute atomic E-state index is 1.13. The van der Waals surface area contributed by atoms with E-state index in [9.17, 15) is 0 Å². The van der Waals surface area contributed by atoms with Gasteiger partial charge in [0.25, 0.3) is 0 Å². The molecule has 0 amide bonds. The summed E-state index contributed by atoms with van der Waals surface area (Å²) in [7, 11) is 2.19. The second kappa shape index (κ2) is 5.93. The van der Waals surface area contributed by atoms with Crippen molar-refractivity contribution in [3.63, 3.8) is 0 Å². The van der Waals surface area contributed by atoms with E-state index in [1.54, 1.807) is 0 Å². The van der Waals surface area contributed by atoms with E-state index in [2.05, 4.69) is 51.8 Å². The zero-order valence-corrected chi connectivity index (χ0v) is 11.4. The van der Waals surface area contributed by atoms with Crippen molar-refractivity contribution >= 4 is 5.69 Å². The van der Waals surface area contributed by atoms with Crippen LogP contribution in [0.4, 0.5) is 5.69 Å². The first-order valence-electron chi connectivity index (χ1n) is 6.41. The topological polar surface area (TPSA) is 3.24 Å². The highest BCUT2D eigenvalue weighted by Crippen LogP contribution is 2.26. The Hall–Kier alpha value is -0.980. The summed E-state index contributed by atoms with van der Waals surface area (Å²) >= 11 is 0. The predicted molar refractivity (Wildman–Crippen MR) is 73.5 cm³/mol. The molecule has 1 nitrogen and oxygen atoms in total. The van der Waals surface area contributed by atoms with Crippen LogP contribution in [0.25, 0.3) is 0 Å². The van der Waals surface area contributed by atoms with Crippen LogP contribution in [0.3, 0.4) is 0 Å². The molecule has 0 fully saturated rings. The molecule has 1 aromatic carbocycles. The van der Waals surface area contributed by atoms with Gasteiger partial charge in [-0.15, -0.1) is 0 Å². The lowest BCUT2D eigenvalue weighted by Gasteiger charge is -2.24. The maximum Gasteiger partial charge on any atom is 0.0423 e. The summed E-state index contributed by atoms with van der Waals surface area (Å²) in [6, 6.07) is 4.69. The van der Waals surface area contributed by atoms with E-state index in [0.29, 0.717) is 0 Å². The third kappa shape index (κ3) is 3.01. The van der Waals surface area contributed by atoms with E-state index >= 15 is 0 Å². The van der Waals surface area contributed by atoms with Crippen LogP contribution in [-0.4, -0.2) is 13.6 Å². The summed E-state index contributed by atoms with van der Waals surface area (Å²) in [5, 5.41) is 0. The van der Waals surface area contributed by atoms with Gasteiger partial charge in [0.15, 0.2) is 0 Å². The second-order valence-electron chi connectivity index (χ2n) is 4.75. The van der Waals surface area contributed by atoms with Crippen molar-refractivity contribution in [3.8, 4) is 0 Å². The summed E-state index contributed by atoms with van der Waals surface area (Å²) in [5.41, 5.74) is 5.73. The van der Waals surface area contributed by atoms with E-state index in [4.69, 9.17) is 0 Å². The maximum atomic E-state index is 2.38. The molecule has 0 heterocycles. The lowest BCUT2D eigenvalue weighted by molar-refractivity contribution is 0.843. The highest BCUT2D eigenvalue weighted by Gasteiger charge is 2.08. The monoisotopic (exact) mass is 219 g/mol. The third-order valence-corrected chi connectivity index (χ3v) is 3.03. The Morgan fingerprint density at radius 3 is 2.00 bits per heavy atom. The first-order chi connectivity index (χ1) is 7.60. The molecule has 16 heavy (non-hydrogen) atoms. The van der Waals surface area contributed by atoms with E-state index < -0.39 is 0 Å². The molecule has 1 heteroatoms. The van der Waals surface area contributed by atoms with Gasteiger partial charge < -0.3 is 4.90 Å². The van der Waals surface area contributed by atoms with E-state index in [0.717, 1.165) is 6.54 Å². The van der Waals surface area contributed by atoms with E-state index in [-0.39, 0.29) is 0 Å². The highest BCUT2D eigenvalue weighted by atomic mass is 15.1. The van der Waals surface area contributed by atoms with Gasteiger partial charge in [-0.3, -0.25) is 0 Å². The zero-order chi connectivity index (χ0) is 12.1. The van der Waals surface area contributed by atoms with E-state index in [1.807, 2.05) is 0 Å². The van der Waals surface area contributed by atoms with Crippen LogP contribution in [0.1, 0.15) is 43.4 Å². The molecule has 0 aliphatic heterocycles. The van der Waals surface area contributed by atoms with Gasteiger partial charge in [0, 0.05) is 19.3 Å². The Bertz CT molecular complexity index is 318. The van der Waals surface area contributed by atoms with Crippen molar-refractivity contribution in [3.05, 3.63) is 28.8 Å².